The van der Waals surface area contributed by atoms with E-state index in [0.717, 1.165) is 19.3 Å². The minimum Gasteiger partial charge on any atom is -0.367 e. The Morgan fingerprint density at radius 2 is 1.85 bits per heavy atom. The molecule has 0 fully saturated rings. The van der Waals surface area contributed by atoms with Gasteiger partial charge in [-0.05, 0) is 19.3 Å². The van der Waals surface area contributed by atoms with Gasteiger partial charge in [0.25, 0.3) is 5.91 Å². The van der Waals surface area contributed by atoms with Crippen molar-refractivity contribution in [2.45, 2.75) is 58.0 Å². The molecule has 0 radical (unpaired) electrons. The van der Waals surface area contributed by atoms with Crippen molar-refractivity contribution in [1.82, 2.24) is 0 Å². The molecule has 0 aromatic heterocycles. The minimum atomic E-state index is -1.76. The van der Waals surface area contributed by atoms with Gasteiger partial charge in [0.05, 0.1) is 0 Å². The van der Waals surface area contributed by atoms with E-state index in [4.69, 9.17) is 5.73 Å². The quantitative estimate of drug-likeness (QED) is 0.614. The normalized spacial score (nSPS) is 15.3. The predicted molar refractivity (Wildman–Crippen MR) is 52.1 cm³/mol. The third-order valence-corrected chi connectivity index (χ3v) is 2.26. The first-order valence-electron chi connectivity index (χ1n) is 5.05. The van der Waals surface area contributed by atoms with Crippen LogP contribution in [0.15, 0.2) is 0 Å². The van der Waals surface area contributed by atoms with E-state index in [9.17, 15) is 9.18 Å². The van der Waals surface area contributed by atoms with Crippen LogP contribution in [-0.4, -0.2) is 11.6 Å². The van der Waals surface area contributed by atoms with Crippen LogP contribution in [0.25, 0.3) is 0 Å². The summed E-state index contributed by atoms with van der Waals surface area (Å²) in [7, 11) is 0. The summed E-state index contributed by atoms with van der Waals surface area (Å²) in [6.45, 7) is 3.90. The number of nitrogens with two attached hydrogens (primary N) is 1. The molecule has 78 valence electrons. The lowest BCUT2D eigenvalue weighted by molar-refractivity contribution is -0.130. The summed E-state index contributed by atoms with van der Waals surface area (Å²) < 4.78 is 13.8. The van der Waals surface area contributed by atoms with Gasteiger partial charge in [-0.2, -0.15) is 0 Å². The lowest BCUT2D eigenvalue weighted by Gasteiger charge is -2.20. The molecule has 0 bridgehead atoms. The Hall–Kier alpha value is -0.600. The number of hydrogen-bond acceptors (Lipinski definition) is 1. The Morgan fingerprint density at radius 3 is 2.23 bits per heavy atom. The number of primary amides is 1. The Bertz CT molecular complexity index is 161. The van der Waals surface area contributed by atoms with Gasteiger partial charge in [0, 0.05) is 0 Å². The SMILES string of the molecule is CCCCCC(F)(CCC)C(N)=O. The van der Waals surface area contributed by atoms with Crippen LogP contribution in [0.2, 0.25) is 0 Å². The highest BCUT2D eigenvalue weighted by molar-refractivity contribution is 5.83. The highest BCUT2D eigenvalue weighted by atomic mass is 19.1. The number of carbonyl (C=O) groups is 1. The van der Waals surface area contributed by atoms with Gasteiger partial charge in [0.15, 0.2) is 5.67 Å². The van der Waals surface area contributed by atoms with E-state index in [1.54, 1.807) is 0 Å². The second kappa shape index (κ2) is 5.95. The van der Waals surface area contributed by atoms with Gasteiger partial charge in [-0.15, -0.1) is 0 Å². The van der Waals surface area contributed by atoms with Crippen LogP contribution in [0.3, 0.4) is 0 Å². The average Bonchev–Trinajstić information content (AvgIpc) is 2.05. The topological polar surface area (TPSA) is 43.1 Å². The van der Waals surface area contributed by atoms with E-state index in [1.807, 2.05) is 13.8 Å². The molecule has 0 aliphatic heterocycles. The zero-order valence-corrected chi connectivity index (χ0v) is 8.61. The lowest BCUT2D eigenvalue weighted by atomic mass is 9.92. The summed E-state index contributed by atoms with van der Waals surface area (Å²) in [6, 6.07) is 0. The van der Waals surface area contributed by atoms with Gasteiger partial charge in [-0.25, -0.2) is 4.39 Å². The molecule has 1 atom stereocenters. The maximum atomic E-state index is 13.8. The molecule has 2 nitrogen and oxygen atoms in total. The molecular weight excluding hydrogens is 169 g/mol. The van der Waals surface area contributed by atoms with Crippen molar-refractivity contribution >= 4 is 5.91 Å². The van der Waals surface area contributed by atoms with Crippen molar-refractivity contribution < 1.29 is 9.18 Å². The Kier molecular flexibility index (Phi) is 5.67. The molecule has 1 amide bonds. The van der Waals surface area contributed by atoms with E-state index in [0.29, 0.717) is 6.42 Å². The van der Waals surface area contributed by atoms with E-state index >= 15 is 0 Å². The van der Waals surface area contributed by atoms with E-state index < -0.39 is 11.6 Å². The minimum absolute atomic E-state index is 0.256. The number of halogens is 1. The molecule has 0 saturated carbocycles. The monoisotopic (exact) mass is 189 g/mol. The average molecular weight is 189 g/mol. The molecule has 0 aromatic rings. The third kappa shape index (κ3) is 4.25. The molecule has 13 heavy (non-hydrogen) atoms. The van der Waals surface area contributed by atoms with Crippen LogP contribution in [0, 0.1) is 0 Å². The molecule has 0 aromatic carbocycles. The van der Waals surface area contributed by atoms with Crippen molar-refractivity contribution in [3.63, 3.8) is 0 Å². The Labute approximate surface area is 79.7 Å². The highest BCUT2D eigenvalue weighted by Gasteiger charge is 2.34. The maximum Gasteiger partial charge on any atom is 0.255 e. The molecule has 0 aliphatic rings. The summed E-state index contributed by atoms with van der Waals surface area (Å²) in [5.74, 6) is -0.801. The van der Waals surface area contributed by atoms with Crippen molar-refractivity contribution in [1.29, 1.82) is 0 Å². The van der Waals surface area contributed by atoms with Crippen LogP contribution in [-0.2, 0) is 4.79 Å². The van der Waals surface area contributed by atoms with Gasteiger partial charge < -0.3 is 5.73 Å². The number of amides is 1. The fourth-order valence-electron chi connectivity index (χ4n) is 1.42. The van der Waals surface area contributed by atoms with Crippen LogP contribution < -0.4 is 5.73 Å². The van der Waals surface area contributed by atoms with E-state index in [2.05, 4.69) is 0 Å². The molecule has 2 N–H and O–H groups in total. The highest BCUT2D eigenvalue weighted by Crippen LogP contribution is 2.25. The largest absolute Gasteiger partial charge is 0.367 e. The van der Waals surface area contributed by atoms with E-state index in [1.165, 1.54) is 0 Å². The number of hydrogen-bond donors (Lipinski definition) is 1. The van der Waals surface area contributed by atoms with Gasteiger partial charge >= 0.3 is 0 Å². The summed E-state index contributed by atoms with van der Waals surface area (Å²) in [6.07, 6.45) is 3.93. The summed E-state index contributed by atoms with van der Waals surface area (Å²) in [5, 5.41) is 0. The fraction of sp³-hybridized carbons (Fsp3) is 0.900. The molecule has 3 heteroatoms. The molecule has 1 unspecified atom stereocenters. The summed E-state index contributed by atoms with van der Waals surface area (Å²) in [5.41, 5.74) is 3.27. The predicted octanol–water partition coefficient (Wildman–Crippen LogP) is 2.56. The molecule has 0 aliphatic carbocycles. The third-order valence-electron chi connectivity index (χ3n) is 2.26. The molecular formula is C10H20FNO. The summed E-state index contributed by atoms with van der Waals surface area (Å²) >= 11 is 0. The number of alkyl halides is 1. The fourth-order valence-corrected chi connectivity index (χ4v) is 1.42. The number of unbranched alkanes of at least 4 members (excludes halogenated alkanes) is 2. The number of rotatable bonds is 7. The molecule has 0 saturated heterocycles. The van der Waals surface area contributed by atoms with E-state index in [-0.39, 0.29) is 12.8 Å². The first-order chi connectivity index (χ1) is 6.06. The number of carbonyl (C=O) groups excluding carboxylic acids is 1. The van der Waals surface area contributed by atoms with Gasteiger partial charge in [-0.3, -0.25) is 4.79 Å². The zero-order chi connectivity index (χ0) is 10.3. The Balaban J connectivity index is 4.00. The second-order valence-electron chi connectivity index (χ2n) is 3.54. The maximum absolute atomic E-state index is 13.8. The molecule has 0 rings (SSSR count). The van der Waals surface area contributed by atoms with Crippen LogP contribution >= 0.6 is 0 Å². The van der Waals surface area contributed by atoms with Crippen LogP contribution in [0.4, 0.5) is 4.39 Å². The Morgan fingerprint density at radius 1 is 1.23 bits per heavy atom. The molecule has 0 heterocycles. The standard InChI is InChI=1S/C10H20FNO/c1-3-5-6-8-10(11,7-4-2)9(12)13/h3-8H2,1-2H3,(H2,12,13). The second-order valence-corrected chi connectivity index (χ2v) is 3.54. The lowest BCUT2D eigenvalue weighted by Crippen LogP contribution is -2.39. The van der Waals surface area contributed by atoms with Gasteiger partial charge in [0.1, 0.15) is 0 Å². The van der Waals surface area contributed by atoms with Crippen LogP contribution in [0.1, 0.15) is 52.4 Å². The smallest absolute Gasteiger partial charge is 0.255 e. The summed E-state index contributed by atoms with van der Waals surface area (Å²) in [4.78, 5) is 10.9. The van der Waals surface area contributed by atoms with Gasteiger partial charge in [0.2, 0.25) is 0 Å². The van der Waals surface area contributed by atoms with Crippen molar-refractivity contribution in [2.75, 3.05) is 0 Å². The zero-order valence-electron chi connectivity index (χ0n) is 8.61. The first-order valence-corrected chi connectivity index (χ1v) is 5.05. The van der Waals surface area contributed by atoms with Gasteiger partial charge in [-0.1, -0.05) is 33.1 Å². The van der Waals surface area contributed by atoms with Crippen LogP contribution in [0.5, 0.6) is 0 Å². The van der Waals surface area contributed by atoms with Crippen molar-refractivity contribution in [2.24, 2.45) is 5.73 Å². The molecule has 0 spiro atoms. The van der Waals surface area contributed by atoms with Crippen molar-refractivity contribution in [3.8, 4) is 0 Å². The van der Waals surface area contributed by atoms with Crippen molar-refractivity contribution in [3.05, 3.63) is 0 Å². The first kappa shape index (κ1) is 12.4.